The molecule has 138 valence electrons. The highest BCUT2D eigenvalue weighted by Crippen LogP contribution is 2.19. The number of anilines is 1. The van der Waals surface area contributed by atoms with Gasteiger partial charge in [0.1, 0.15) is 0 Å². The molecule has 0 aliphatic carbocycles. The Morgan fingerprint density at radius 1 is 1.15 bits per heavy atom. The standard InChI is InChI=1S/C18H19BrN2O4S/c19-17-6-2-1-5-16(17)18(22)21-13-7-9-15(10-8-13)26(23,24)20-12-14-4-3-11-25-14/h1-2,5-10,14,20H,3-4,11-12H2,(H,21,22). The molecule has 2 aromatic carbocycles. The number of halogens is 1. The van der Waals surface area contributed by atoms with Gasteiger partial charge in [0, 0.05) is 23.3 Å². The summed E-state index contributed by atoms with van der Waals surface area (Å²) < 4.78 is 33.3. The van der Waals surface area contributed by atoms with Gasteiger partial charge in [-0.05, 0) is 65.2 Å². The van der Waals surface area contributed by atoms with Gasteiger partial charge in [-0.25, -0.2) is 13.1 Å². The van der Waals surface area contributed by atoms with E-state index in [1.54, 1.807) is 30.3 Å². The number of hydrogen-bond acceptors (Lipinski definition) is 4. The monoisotopic (exact) mass is 438 g/mol. The van der Waals surface area contributed by atoms with E-state index in [0.717, 1.165) is 12.8 Å². The zero-order valence-electron chi connectivity index (χ0n) is 13.9. The predicted octanol–water partition coefficient (Wildman–Crippen LogP) is 3.16. The first-order valence-electron chi connectivity index (χ1n) is 8.23. The third-order valence-electron chi connectivity index (χ3n) is 4.07. The molecule has 8 heteroatoms. The molecule has 0 aromatic heterocycles. The van der Waals surface area contributed by atoms with Crippen molar-refractivity contribution in [3.8, 4) is 0 Å². The van der Waals surface area contributed by atoms with Gasteiger partial charge >= 0.3 is 0 Å². The lowest BCUT2D eigenvalue weighted by molar-refractivity contribution is 0.102. The molecular weight excluding hydrogens is 420 g/mol. The molecule has 6 nitrogen and oxygen atoms in total. The summed E-state index contributed by atoms with van der Waals surface area (Å²) in [5.74, 6) is -0.274. The average molecular weight is 439 g/mol. The Bertz CT molecular complexity index is 878. The van der Waals surface area contributed by atoms with Crippen LogP contribution >= 0.6 is 15.9 Å². The van der Waals surface area contributed by atoms with E-state index in [1.807, 2.05) is 6.07 Å². The van der Waals surface area contributed by atoms with Crippen molar-refractivity contribution < 1.29 is 17.9 Å². The van der Waals surface area contributed by atoms with Crippen molar-refractivity contribution in [1.82, 2.24) is 4.72 Å². The predicted molar refractivity (Wildman–Crippen MR) is 103 cm³/mol. The number of nitrogens with one attached hydrogen (secondary N) is 2. The molecule has 1 saturated heterocycles. The fourth-order valence-electron chi connectivity index (χ4n) is 2.65. The molecular formula is C18H19BrN2O4S. The van der Waals surface area contributed by atoms with Crippen LogP contribution in [0.2, 0.25) is 0 Å². The van der Waals surface area contributed by atoms with Crippen molar-refractivity contribution in [2.24, 2.45) is 0 Å². The first-order chi connectivity index (χ1) is 12.5. The first kappa shape index (κ1) is 19.0. The molecule has 1 fully saturated rings. The van der Waals surface area contributed by atoms with E-state index in [1.165, 1.54) is 12.1 Å². The third-order valence-corrected chi connectivity index (χ3v) is 6.20. The number of carbonyl (C=O) groups excluding carboxylic acids is 1. The maximum atomic E-state index is 12.3. The van der Waals surface area contributed by atoms with Crippen molar-refractivity contribution >= 4 is 37.5 Å². The molecule has 26 heavy (non-hydrogen) atoms. The number of carbonyl (C=O) groups is 1. The molecule has 1 atom stereocenters. The number of ether oxygens (including phenoxy) is 1. The Morgan fingerprint density at radius 3 is 2.54 bits per heavy atom. The second kappa shape index (κ2) is 8.30. The molecule has 0 radical (unpaired) electrons. The molecule has 0 saturated carbocycles. The van der Waals surface area contributed by atoms with Gasteiger partial charge in [-0.3, -0.25) is 4.79 Å². The number of benzene rings is 2. The van der Waals surface area contributed by atoms with Gasteiger partial charge in [0.15, 0.2) is 0 Å². The van der Waals surface area contributed by atoms with E-state index >= 15 is 0 Å². The average Bonchev–Trinajstić information content (AvgIpc) is 3.14. The summed E-state index contributed by atoms with van der Waals surface area (Å²) in [4.78, 5) is 12.4. The topological polar surface area (TPSA) is 84.5 Å². The summed E-state index contributed by atoms with van der Waals surface area (Å²) >= 11 is 3.33. The summed E-state index contributed by atoms with van der Waals surface area (Å²) in [6.07, 6.45) is 1.76. The van der Waals surface area contributed by atoms with Gasteiger partial charge in [0.2, 0.25) is 10.0 Å². The maximum Gasteiger partial charge on any atom is 0.256 e. The Morgan fingerprint density at radius 2 is 1.88 bits per heavy atom. The molecule has 1 heterocycles. The summed E-state index contributed by atoms with van der Waals surface area (Å²) in [6, 6.07) is 13.1. The Balaban J connectivity index is 1.64. The Kier molecular flexibility index (Phi) is 6.08. The van der Waals surface area contributed by atoms with Crippen molar-refractivity contribution in [1.29, 1.82) is 0 Å². The zero-order chi connectivity index (χ0) is 18.6. The van der Waals surface area contributed by atoms with Crippen molar-refractivity contribution in [2.45, 2.75) is 23.8 Å². The highest BCUT2D eigenvalue weighted by atomic mass is 79.9. The normalized spacial score (nSPS) is 17.2. The van der Waals surface area contributed by atoms with Crippen LogP contribution in [0.25, 0.3) is 0 Å². The lowest BCUT2D eigenvalue weighted by atomic mass is 10.2. The quantitative estimate of drug-likeness (QED) is 0.725. The summed E-state index contributed by atoms with van der Waals surface area (Å²) in [6.45, 7) is 0.946. The molecule has 2 aromatic rings. The van der Waals surface area contributed by atoms with Crippen LogP contribution in [-0.4, -0.2) is 33.6 Å². The fourth-order valence-corrected chi connectivity index (χ4v) is 4.18. The number of hydrogen-bond donors (Lipinski definition) is 2. The minimum Gasteiger partial charge on any atom is -0.377 e. The highest BCUT2D eigenvalue weighted by molar-refractivity contribution is 9.10. The molecule has 0 spiro atoms. The second-order valence-corrected chi connectivity index (χ2v) is 8.57. The first-order valence-corrected chi connectivity index (χ1v) is 10.5. The number of rotatable bonds is 6. The fraction of sp³-hybridized carbons (Fsp3) is 0.278. The summed E-state index contributed by atoms with van der Waals surface area (Å²) in [5.41, 5.74) is 1.02. The largest absolute Gasteiger partial charge is 0.377 e. The molecule has 1 aliphatic rings. The van der Waals surface area contributed by atoms with Gasteiger partial charge in [0.05, 0.1) is 16.6 Å². The Labute approximate surface area is 161 Å². The van der Waals surface area contributed by atoms with Gasteiger partial charge in [-0.1, -0.05) is 12.1 Å². The molecule has 1 amide bonds. The van der Waals surface area contributed by atoms with Crippen LogP contribution in [0.4, 0.5) is 5.69 Å². The van der Waals surface area contributed by atoms with Crippen LogP contribution in [0.15, 0.2) is 57.9 Å². The van der Waals surface area contributed by atoms with Crippen molar-refractivity contribution in [3.05, 3.63) is 58.6 Å². The van der Waals surface area contributed by atoms with E-state index in [9.17, 15) is 13.2 Å². The minimum atomic E-state index is -3.60. The summed E-state index contributed by atoms with van der Waals surface area (Å²) in [5, 5.41) is 2.75. The van der Waals surface area contributed by atoms with Crippen LogP contribution in [0, 0.1) is 0 Å². The van der Waals surface area contributed by atoms with E-state index < -0.39 is 10.0 Å². The lowest BCUT2D eigenvalue weighted by Gasteiger charge is -2.12. The van der Waals surface area contributed by atoms with Gasteiger partial charge < -0.3 is 10.1 Å². The molecule has 2 N–H and O–H groups in total. The van der Waals surface area contributed by atoms with E-state index in [2.05, 4.69) is 26.0 Å². The van der Waals surface area contributed by atoms with E-state index in [0.29, 0.717) is 22.3 Å². The van der Waals surface area contributed by atoms with Crippen LogP contribution in [0.1, 0.15) is 23.2 Å². The van der Waals surface area contributed by atoms with Crippen LogP contribution in [0.3, 0.4) is 0 Å². The van der Waals surface area contributed by atoms with Crippen LogP contribution in [0.5, 0.6) is 0 Å². The molecule has 1 unspecified atom stereocenters. The van der Waals surface area contributed by atoms with Gasteiger partial charge in [-0.15, -0.1) is 0 Å². The lowest BCUT2D eigenvalue weighted by Crippen LogP contribution is -2.31. The van der Waals surface area contributed by atoms with Crippen molar-refractivity contribution in [2.75, 3.05) is 18.5 Å². The molecule has 1 aliphatic heterocycles. The smallest absolute Gasteiger partial charge is 0.256 e. The van der Waals surface area contributed by atoms with E-state index in [4.69, 9.17) is 4.74 Å². The highest BCUT2D eigenvalue weighted by Gasteiger charge is 2.20. The van der Waals surface area contributed by atoms with Crippen LogP contribution in [-0.2, 0) is 14.8 Å². The zero-order valence-corrected chi connectivity index (χ0v) is 16.3. The Hall–Kier alpha value is -1.74. The number of amides is 1. The molecule has 3 rings (SSSR count). The second-order valence-electron chi connectivity index (χ2n) is 5.95. The molecule has 0 bridgehead atoms. The maximum absolute atomic E-state index is 12.3. The van der Waals surface area contributed by atoms with Crippen molar-refractivity contribution in [3.63, 3.8) is 0 Å². The van der Waals surface area contributed by atoms with E-state index in [-0.39, 0.29) is 23.5 Å². The third kappa shape index (κ3) is 4.70. The van der Waals surface area contributed by atoms with Gasteiger partial charge in [-0.2, -0.15) is 0 Å². The number of sulfonamides is 1. The minimum absolute atomic E-state index is 0.0624. The summed E-state index contributed by atoms with van der Waals surface area (Å²) in [7, 11) is -3.60. The SMILES string of the molecule is O=C(Nc1ccc(S(=O)(=O)NCC2CCCO2)cc1)c1ccccc1Br. The van der Waals surface area contributed by atoms with Crippen LogP contribution < -0.4 is 10.0 Å². The van der Waals surface area contributed by atoms with Gasteiger partial charge in [0.25, 0.3) is 5.91 Å².